The quantitative estimate of drug-likeness (QED) is 0.402. The molecule has 0 heterocycles. The molecule has 0 radical (unpaired) electrons. The number of carbonyl (C=O) groups excluding carboxylic acids is 2. The van der Waals surface area contributed by atoms with Gasteiger partial charge in [0.25, 0.3) is 0 Å². The molecule has 0 rings (SSSR count). The van der Waals surface area contributed by atoms with Crippen LogP contribution in [-0.2, 0) is 14.3 Å². The van der Waals surface area contributed by atoms with Crippen molar-refractivity contribution in [2.75, 3.05) is 19.0 Å². The SMILES string of the molecule is COC(=O)CCCNC(=O)CCCCCBr. The summed E-state index contributed by atoms with van der Waals surface area (Å²) in [5.74, 6) is -0.161. The number of unbranched alkanes of at least 4 members (excludes halogenated alkanes) is 2. The highest BCUT2D eigenvalue weighted by Crippen LogP contribution is 2.01. The molecule has 5 heteroatoms. The number of hydrogen-bond donors (Lipinski definition) is 1. The van der Waals surface area contributed by atoms with E-state index in [0.29, 0.717) is 25.8 Å². The minimum Gasteiger partial charge on any atom is -0.469 e. The molecular formula is C11H20BrNO3. The van der Waals surface area contributed by atoms with Crippen LogP contribution in [0.3, 0.4) is 0 Å². The lowest BCUT2D eigenvalue weighted by Crippen LogP contribution is -2.24. The summed E-state index contributed by atoms with van der Waals surface area (Å²) in [6.07, 6.45) is 4.68. The molecule has 0 saturated carbocycles. The van der Waals surface area contributed by atoms with Crippen molar-refractivity contribution >= 4 is 27.8 Å². The van der Waals surface area contributed by atoms with Crippen molar-refractivity contribution in [3.8, 4) is 0 Å². The molecule has 4 nitrogen and oxygen atoms in total. The second-order valence-corrected chi connectivity index (χ2v) is 4.32. The van der Waals surface area contributed by atoms with Gasteiger partial charge in [0.15, 0.2) is 0 Å². The van der Waals surface area contributed by atoms with Gasteiger partial charge >= 0.3 is 5.97 Å². The molecule has 1 amide bonds. The standard InChI is InChI=1S/C11H20BrNO3/c1-16-11(15)7-5-9-13-10(14)6-3-2-4-8-12/h2-9H2,1H3,(H,13,14). The van der Waals surface area contributed by atoms with E-state index in [4.69, 9.17) is 0 Å². The predicted molar refractivity (Wildman–Crippen MR) is 66.5 cm³/mol. The van der Waals surface area contributed by atoms with Crippen molar-refractivity contribution in [2.24, 2.45) is 0 Å². The number of alkyl halides is 1. The maximum atomic E-state index is 11.3. The number of carbonyl (C=O) groups is 2. The molecule has 0 aromatic carbocycles. The third kappa shape index (κ3) is 9.96. The van der Waals surface area contributed by atoms with E-state index >= 15 is 0 Å². The highest BCUT2D eigenvalue weighted by atomic mass is 79.9. The summed E-state index contributed by atoms with van der Waals surface area (Å²) in [5.41, 5.74) is 0. The average Bonchev–Trinajstić information content (AvgIpc) is 2.30. The van der Waals surface area contributed by atoms with E-state index in [-0.39, 0.29) is 11.9 Å². The van der Waals surface area contributed by atoms with Gasteiger partial charge in [0.05, 0.1) is 7.11 Å². The summed E-state index contributed by atoms with van der Waals surface area (Å²) in [4.78, 5) is 22.0. The fourth-order valence-electron chi connectivity index (χ4n) is 1.21. The Bertz CT molecular complexity index is 209. The Morgan fingerprint density at radius 2 is 1.88 bits per heavy atom. The van der Waals surface area contributed by atoms with Gasteiger partial charge in [-0.15, -0.1) is 0 Å². The molecule has 0 bridgehead atoms. The second kappa shape index (κ2) is 10.9. The molecule has 0 spiro atoms. The zero-order valence-corrected chi connectivity index (χ0v) is 11.3. The summed E-state index contributed by atoms with van der Waals surface area (Å²) in [6, 6.07) is 0. The van der Waals surface area contributed by atoms with Crippen LogP contribution in [0.2, 0.25) is 0 Å². The van der Waals surface area contributed by atoms with Crippen LogP contribution in [0.25, 0.3) is 0 Å². The largest absolute Gasteiger partial charge is 0.469 e. The Hall–Kier alpha value is -0.580. The van der Waals surface area contributed by atoms with Crippen molar-refractivity contribution in [1.82, 2.24) is 5.32 Å². The number of rotatable bonds is 9. The molecule has 0 aromatic heterocycles. The van der Waals surface area contributed by atoms with Crippen molar-refractivity contribution in [2.45, 2.75) is 38.5 Å². The van der Waals surface area contributed by atoms with Gasteiger partial charge in [-0.25, -0.2) is 0 Å². The van der Waals surface area contributed by atoms with Crippen molar-refractivity contribution in [3.05, 3.63) is 0 Å². The Morgan fingerprint density at radius 3 is 2.50 bits per heavy atom. The van der Waals surface area contributed by atoms with E-state index in [0.717, 1.165) is 24.6 Å². The lowest BCUT2D eigenvalue weighted by molar-refractivity contribution is -0.140. The number of ether oxygens (including phenoxy) is 1. The molecule has 0 atom stereocenters. The van der Waals surface area contributed by atoms with Crippen LogP contribution in [-0.4, -0.2) is 30.9 Å². The van der Waals surface area contributed by atoms with Crippen LogP contribution in [0.15, 0.2) is 0 Å². The maximum absolute atomic E-state index is 11.3. The summed E-state index contributed by atoms with van der Waals surface area (Å²) in [7, 11) is 1.37. The van der Waals surface area contributed by atoms with Crippen molar-refractivity contribution in [1.29, 1.82) is 0 Å². The molecule has 0 aliphatic rings. The molecule has 16 heavy (non-hydrogen) atoms. The molecule has 0 aromatic rings. The first-order chi connectivity index (χ1) is 7.70. The van der Waals surface area contributed by atoms with Crippen molar-refractivity contribution in [3.63, 3.8) is 0 Å². The Labute approximate surface area is 105 Å². The van der Waals surface area contributed by atoms with Gasteiger partial charge in [-0.05, 0) is 19.3 Å². The third-order valence-corrected chi connectivity index (χ3v) is 2.71. The van der Waals surface area contributed by atoms with Gasteiger partial charge in [0, 0.05) is 24.7 Å². The first-order valence-corrected chi connectivity index (χ1v) is 6.72. The van der Waals surface area contributed by atoms with Crippen LogP contribution in [0, 0.1) is 0 Å². The van der Waals surface area contributed by atoms with Crippen LogP contribution in [0.1, 0.15) is 38.5 Å². The second-order valence-electron chi connectivity index (χ2n) is 3.53. The summed E-state index contributed by atoms with van der Waals surface area (Å²) >= 11 is 3.34. The van der Waals surface area contributed by atoms with Crippen LogP contribution >= 0.6 is 15.9 Å². The molecule has 0 aliphatic heterocycles. The molecule has 0 aliphatic carbocycles. The fourth-order valence-corrected chi connectivity index (χ4v) is 1.60. The van der Waals surface area contributed by atoms with E-state index in [1.807, 2.05) is 0 Å². The number of halogens is 1. The highest BCUT2D eigenvalue weighted by Gasteiger charge is 2.02. The highest BCUT2D eigenvalue weighted by molar-refractivity contribution is 9.09. The zero-order chi connectivity index (χ0) is 12.2. The molecule has 1 N–H and O–H groups in total. The van der Waals surface area contributed by atoms with Gasteiger partial charge in [-0.3, -0.25) is 9.59 Å². The number of nitrogens with one attached hydrogen (secondary N) is 1. The Kier molecular flexibility index (Phi) is 10.5. The molecule has 0 fully saturated rings. The van der Waals surface area contributed by atoms with E-state index in [1.165, 1.54) is 7.11 Å². The molecular weight excluding hydrogens is 274 g/mol. The third-order valence-electron chi connectivity index (χ3n) is 2.14. The lowest BCUT2D eigenvalue weighted by atomic mass is 10.2. The number of hydrogen-bond acceptors (Lipinski definition) is 3. The zero-order valence-electron chi connectivity index (χ0n) is 9.76. The van der Waals surface area contributed by atoms with Crippen LogP contribution in [0.4, 0.5) is 0 Å². The number of esters is 1. The lowest BCUT2D eigenvalue weighted by Gasteiger charge is -2.04. The number of amides is 1. The molecule has 0 saturated heterocycles. The van der Waals surface area contributed by atoms with Crippen LogP contribution in [0.5, 0.6) is 0 Å². The number of methoxy groups -OCH3 is 1. The minimum atomic E-state index is -0.230. The molecule has 94 valence electrons. The monoisotopic (exact) mass is 293 g/mol. The van der Waals surface area contributed by atoms with Gasteiger partial charge in [0.1, 0.15) is 0 Å². The maximum Gasteiger partial charge on any atom is 0.305 e. The first-order valence-electron chi connectivity index (χ1n) is 5.60. The van der Waals surface area contributed by atoms with Crippen LogP contribution < -0.4 is 5.32 Å². The summed E-state index contributed by atoms with van der Waals surface area (Å²) in [6.45, 7) is 0.548. The topological polar surface area (TPSA) is 55.4 Å². The van der Waals surface area contributed by atoms with E-state index < -0.39 is 0 Å². The van der Waals surface area contributed by atoms with Crippen molar-refractivity contribution < 1.29 is 14.3 Å². The first kappa shape index (κ1) is 15.4. The van der Waals surface area contributed by atoms with Gasteiger partial charge in [-0.1, -0.05) is 22.4 Å². The van der Waals surface area contributed by atoms with Gasteiger partial charge < -0.3 is 10.1 Å². The Balaban J connectivity index is 3.27. The predicted octanol–water partition coefficient (Wildman–Crippen LogP) is 2.01. The smallest absolute Gasteiger partial charge is 0.305 e. The minimum absolute atomic E-state index is 0.0689. The van der Waals surface area contributed by atoms with Gasteiger partial charge in [0.2, 0.25) is 5.91 Å². The summed E-state index contributed by atoms with van der Waals surface area (Å²) in [5, 5.41) is 3.77. The molecule has 0 unspecified atom stereocenters. The summed E-state index contributed by atoms with van der Waals surface area (Å²) < 4.78 is 4.49. The van der Waals surface area contributed by atoms with E-state index in [1.54, 1.807) is 0 Å². The van der Waals surface area contributed by atoms with E-state index in [9.17, 15) is 9.59 Å². The van der Waals surface area contributed by atoms with E-state index in [2.05, 4.69) is 26.0 Å². The fraction of sp³-hybridized carbons (Fsp3) is 0.818. The average molecular weight is 294 g/mol. The van der Waals surface area contributed by atoms with Gasteiger partial charge in [-0.2, -0.15) is 0 Å². The normalized spacial score (nSPS) is 9.88. The Morgan fingerprint density at radius 1 is 1.12 bits per heavy atom.